The molecule has 0 aliphatic carbocycles. The molecule has 0 saturated carbocycles. The monoisotopic (exact) mass is 385 g/mol. The lowest BCUT2D eigenvalue weighted by Crippen LogP contribution is -2.27. The van der Waals surface area contributed by atoms with Crippen LogP contribution in [0.3, 0.4) is 0 Å². The van der Waals surface area contributed by atoms with Crippen molar-refractivity contribution >= 4 is 33.7 Å². The van der Waals surface area contributed by atoms with E-state index in [0.717, 1.165) is 11.1 Å². The van der Waals surface area contributed by atoms with Gasteiger partial charge in [-0.25, -0.2) is 9.67 Å². The van der Waals surface area contributed by atoms with Gasteiger partial charge < -0.3 is 9.73 Å². The van der Waals surface area contributed by atoms with Crippen molar-refractivity contribution < 1.29 is 9.21 Å². The molecule has 3 heterocycles. The minimum absolute atomic E-state index is 0.144. The molecule has 142 valence electrons. The Hall–Kier alpha value is -4.20. The number of carbonyl (C=O) groups is 1. The van der Waals surface area contributed by atoms with Crippen LogP contribution in [0.5, 0.6) is 0 Å². The Kier molecular flexibility index (Phi) is 3.94. The molecule has 0 unspecified atom stereocenters. The van der Waals surface area contributed by atoms with Gasteiger partial charge in [-0.1, -0.05) is 12.1 Å². The first kappa shape index (κ1) is 16.9. The number of amides is 1. The van der Waals surface area contributed by atoms with Crippen LogP contribution < -0.4 is 10.9 Å². The Morgan fingerprint density at radius 1 is 1.07 bits per heavy atom. The van der Waals surface area contributed by atoms with Crippen LogP contribution in [0, 0.1) is 0 Å². The van der Waals surface area contributed by atoms with Crippen LogP contribution in [-0.2, 0) is 11.3 Å². The number of nitrogens with one attached hydrogen (secondary N) is 1. The average Bonchev–Trinajstić information content (AvgIpc) is 3.39. The van der Waals surface area contributed by atoms with E-state index in [0.29, 0.717) is 16.8 Å². The van der Waals surface area contributed by atoms with Crippen LogP contribution in [0.1, 0.15) is 0 Å². The fourth-order valence-corrected chi connectivity index (χ4v) is 3.20. The summed E-state index contributed by atoms with van der Waals surface area (Å²) in [5, 5.41) is 7.71. The van der Waals surface area contributed by atoms with Crippen molar-refractivity contribution in [3.8, 4) is 5.69 Å². The number of hydrogen-bond acceptors (Lipinski definition) is 5. The van der Waals surface area contributed by atoms with E-state index in [9.17, 15) is 9.59 Å². The average molecular weight is 385 g/mol. The van der Waals surface area contributed by atoms with E-state index in [1.165, 1.54) is 10.9 Å². The van der Waals surface area contributed by atoms with Crippen LogP contribution in [0.15, 0.2) is 82.5 Å². The molecule has 2 aromatic carbocycles. The van der Waals surface area contributed by atoms with E-state index in [1.54, 1.807) is 29.1 Å². The van der Waals surface area contributed by atoms with Gasteiger partial charge in [0.05, 0.1) is 12.0 Å². The van der Waals surface area contributed by atoms with Crippen LogP contribution in [0.25, 0.3) is 27.8 Å². The molecule has 0 fully saturated rings. The zero-order chi connectivity index (χ0) is 19.8. The van der Waals surface area contributed by atoms with Crippen LogP contribution in [0.2, 0.25) is 0 Å². The SMILES string of the molecule is O=C(Cn1cnc2c(oc3ccccc32)c1=O)Nc1ccc(-n2cccn2)cc1. The molecule has 0 radical (unpaired) electrons. The predicted octanol–water partition coefficient (Wildman–Crippen LogP) is 2.97. The zero-order valence-corrected chi connectivity index (χ0v) is 15.1. The van der Waals surface area contributed by atoms with Crippen molar-refractivity contribution in [3.05, 3.63) is 83.7 Å². The molecule has 0 atom stereocenters. The Morgan fingerprint density at radius 3 is 2.69 bits per heavy atom. The highest BCUT2D eigenvalue weighted by molar-refractivity contribution is 6.01. The predicted molar refractivity (Wildman–Crippen MR) is 108 cm³/mol. The normalized spacial score (nSPS) is 11.2. The van der Waals surface area contributed by atoms with E-state index in [4.69, 9.17) is 4.42 Å². The second-order valence-corrected chi connectivity index (χ2v) is 6.50. The van der Waals surface area contributed by atoms with Crippen LogP contribution >= 0.6 is 0 Å². The second kappa shape index (κ2) is 6.75. The number of hydrogen-bond donors (Lipinski definition) is 1. The number of furan rings is 1. The molecule has 1 amide bonds. The summed E-state index contributed by atoms with van der Waals surface area (Å²) < 4.78 is 8.59. The Balaban J connectivity index is 1.36. The molecule has 0 spiro atoms. The Labute approximate surface area is 164 Å². The molecule has 8 nitrogen and oxygen atoms in total. The summed E-state index contributed by atoms with van der Waals surface area (Å²) in [5.41, 5.74) is 2.34. The van der Waals surface area contributed by atoms with Gasteiger partial charge in [-0.3, -0.25) is 14.2 Å². The molecule has 0 aliphatic rings. The molecule has 0 bridgehead atoms. The van der Waals surface area contributed by atoms with Gasteiger partial charge >= 0.3 is 0 Å². The topological polar surface area (TPSA) is 95.0 Å². The number of benzene rings is 2. The minimum Gasteiger partial charge on any atom is -0.448 e. The molecule has 29 heavy (non-hydrogen) atoms. The van der Waals surface area contributed by atoms with Crippen molar-refractivity contribution in [3.63, 3.8) is 0 Å². The molecular formula is C21H15N5O3. The number of anilines is 1. The number of aromatic nitrogens is 4. The number of fused-ring (bicyclic) bond motifs is 3. The molecule has 5 rings (SSSR count). The third-order valence-electron chi connectivity index (χ3n) is 4.58. The second-order valence-electron chi connectivity index (χ2n) is 6.50. The van der Waals surface area contributed by atoms with Gasteiger partial charge in [0.25, 0.3) is 5.56 Å². The van der Waals surface area contributed by atoms with Crippen LogP contribution in [-0.4, -0.2) is 25.2 Å². The first-order chi connectivity index (χ1) is 14.2. The fourth-order valence-electron chi connectivity index (χ4n) is 3.20. The minimum atomic E-state index is -0.393. The fraction of sp³-hybridized carbons (Fsp3) is 0.0476. The van der Waals surface area contributed by atoms with Gasteiger partial charge in [0, 0.05) is 23.5 Å². The van der Waals surface area contributed by atoms with Gasteiger partial charge in [-0.15, -0.1) is 0 Å². The molecule has 3 aromatic heterocycles. The van der Waals surface area contributed by atoms with E-state index in [1.807, 2.05) is 42.6 Å². The number of carbonyl (C=O) groups excluding carboxylic acids is 1. The van der Waals surface area contributed by atoms with Crippen molar-refractivity contribution in [2.24, 2.45) is 0 Å². The molecule has 1 N–H and O–H groups in total. The van der Waals surface area contributed by atoms with Gasteiger partial charge in [0.15, 0.2) is 0 Å². The summed E-state index contributed by atoms with van der Waals surface area (Å²) in [6, 6.07) is 16.4. The standard InChI is InChI=1S/C21H15N5O3/c27-18(24-14-6-8-15(9-7-14)26-11-3-10-23-26)12-25-13-22-19-16-4-1-2-5-17(16)29-20(19)21(25)28/h1-11,13H,12H2,(H,24,27). The largest absolute Gasteiger partial charge is 0.448 e. The molecule has 5 aromatic rings. The summed E-state index contributed by atoms with van der Waals surface area (Å²) >= 11 is 0. The van der Waals surface area contributed by atoms with E-state index < -0.39 is 5.56 Å². The quantitative estimate of drug-likeness (QED) is 0.513. The third-order valence-corrected chi connectivity index (χ3v) is 4.58. The summed E-state index contributed by atoms with van der Waals surface area (Å²) in [5.74, 6) is -0.337. The van der Waals surface area contributed by atoms with Crippen molar-refractivity contribution in [2.75, 3.05) is 5.32 Å². The highest BCUT2D eigenvalue weighted by atomic mass is 16.3. The van der Waals surface area contributed by atoms with Crippen LogP contribution in [0.4, 0.5) is 5.69 Å². The van der Waals surface area contributed by atoms with Gasteiger partial charge in [0.1, 0.15) is 17.6 Å². The lowest BCUT2D eigenvalue weighted by Gasteiger charge is -2.08. The highest BCUT2D eigenvalue weighted by Gasteiger charge is 2.14. The lowest BCUT2D eigenvalue weighted by atomic mass is 10.2. The summed E-state index contributed by atoms with van der Waals surface area (Å²) in [6.07, 6.45) is 4.90. The van der Waals surface area contributed by atoms with E-state index in [-0.39, 0.29) is 18.0 Å². The first-order valence-electron chi connectivity index (χ1n) is 8.96. The van der Waals surface area contributed by atoms with Gasteiger partial charge in [0.2, 0.25) is 11.5 Å². The third kappa shape index (κ3) is 3.06. The maximum atomic E-state index is 12.7. The maximum absolute atomic E-state index is 12.7. The van der Waals surface area contributed by atoms with Gasteiger partial charge in [-0.05, 0) is 42.5 Å². The zero-order valence-electron chi connectivity index (χ0n) is 15.1. The smallest absolute Gasteiger partial charge is 0.297 e. The highest BCUT2D eigenvalue weighted by Crippen LogP contribution is 2.24. The van der Waals surface area contributed by atoms with E-state index in [2.05, 4.69) is 15.4 Å². The number of para-hydroxylation sites is 1. The van der Waals surface area contributed by atoms with E-state index >= 15 is 0 Å². The lowest BCUT2D eigenvalue weighted by molar-refractivity contribution is -0.116. The van der Waals surface area contributed by atoms with Crippen molar-refractivity contribution in [1.82, 2.24) is 19.3 Å². The molecule has 0 saturated heterocycles. The number of nitrogens with zero attached hydrogens (tertiary/aromatic N) is 4. The first-order valence-corrected chi connectivity index (χ1v) is 8.96. The Bertz CT molecular complexity index is 1380. The van der Waals surface area contributed by atoms with Crippen molar-refractivity contribution in [2.45, 2.75) is 6.54 Å². The number of rotatable bonds is 4. The molecular weight excluding hydrogens is 370 g/mol. The molecule has 8 heteroatoms. The van der Waals surface area contributed by atoms with Gasteiger partial charge in [-0.2, -0.15) is 5.10 Å². The van der Waals surface area contributed by atoms with Crippen molar-refractivity contribution in [1.29, 1.82) is 0 Å². The summed E-state index contributed by atoms with van der Waals surface area (Å²) in [4.78, 5) is 29.4. The maximum Gasteiger partial charge on any atom is 0.297 e. The molecule has 0 aliphatic heterocycles. The Morgan fingerprint density at radius 2 is 1.90 bits per heavy atom. The summed E-state index contributed by atoms with van der Waals surface area (Å²) in [6.45, 7) is -0.167. The summed E-state index contributed by atoms with van der Waals surface area (Å²) in [7, 11) is 0.